The molecule has 0 bridgehead atoms. The van der Waals surface area contributed by atoms with Gasteiger partial charge in [-0.15, -0.1) is 0 Å². The van der Waals surface area contributed by atoms with Gasteiger partial charge < -0.3 is 4.42 Å². The number of para-hydroxylation sites is 1. The second-order valence-corrected chi connectivity index (χ2v) is 13.4. The highest BCUT2D eigenvalue weighted by Crippen LogP contribution is 2.35. The van der Waals surface area contributed by atoms with E-state index in [1.165, 1.54) is 33.0 Å². The van der Waals surface area contributed by atoms with Gasteiger partial charge in [0.1, 0.15) is 11.2 Å². The standard InChI is InChI=1S/C50H32N2O/c1-2-10-40(11-3-1)50-51-46(32-47(52-50)39-27-23-37(24-28-39)43-15-8-12-36-9-4-5-13-42(36)43)38-25-21-34(22-26-38)33-17-19-35(20-18-33)41-29-30-49-45(31-41)44-14-6-7-16-48(44)53-49/h1-32H. The number of fused-ring (bicyclic) bond motifs is 4. The number of nitrogens with zero attached hydrogens (tertiary/aromatic N) is 2. The van der Waals surface area contributed by atoms with Crippen molar-refractivity contribution in [1.29, 1.82) is 0 Å². The minimum Gasteiger partial charge on any atom is -0.456 e. The van der Waals surface area contributed by atoms with Crippen LogP contribution >= 0.6 is 0 Å². The van der Waals surface area contributed by atoms with Crippen LogP contribution in [0.2, 0.25) is 0 Å². The summed E-state index contributed by atoms with van der Waals surface area (Å²) in [5.41, 5.74) is 13.7. The molecule has 10 aromatic rings. The van der Waals surface area contributed by atoms with Crippen molar-refractivity contribution in [2.45, 2.75) is 0 Å². The van der Waals surface area contributed by atoms with Crippen LogP contribution in [0.15, 0.2) is 199 Å². The van der Waals surface area contributed by atoms with Crippen molar-refractivity contribution in [1.82, 2.24) is 9.97 Å². The minimum atomic E-state index is 0.706. The third-order valence-corrected chi connectivity index (χ3v) is 10.1. The number of aromatic nitrogens is 2. The first-order valence-electron chi connectivity index (χ1n) is 17.9. The maximum atomic E-state index is 6.04. The number of hydrogen-bond donors (Lipinski definition) is 0. The minimum absolute atomic E-state index is 0.706. The summed E-state index contributed by atoms with van der Waals surface area (Å²) < 4.78 is 6.04. The summed E-state index contributed by atoms with van der Waals surface area (Å²) in [6, 6.07) is 68.1. The molecule has 0 amide bonds. The maximum absolute atomic E-state index is 6.04. The lowest BCUT2D eigenvalue weighted by atomic mass is 9.96. The molecule has 0 saturated carbocycles. The van der Waals surface area contributed by atoms with Crippen molar-refractivity contribution in [3.63, 3.8) is 0 Å². The van der Waals surface area contributed by atoms with Crippen LogP contribution < -0.4 is 0 Å². The highest BCUT2D eigenvalue weighted by atomic mass is 16.3. The fourth-order valence-electron chi connectivity index (χ4n) is 7.35. The Morgan fingerprint density at radius 2 is 0.811 bits per heavy atom. The normalized spacial score (nSPS) is 11.4. The predicted octanol–water partition coefficient (Wildman–Crippen LogP) is 13.5. The van der Waals surface area contributed by atoms with E-state index in [-0.39, 0.29) is 0 Å². The lowest BCUT2D eigenvalue weighted by molar-refractivity contribution is 0.669. The number of rotatable bonds is 6. The van der Waals surface area contributed by atoms with E-state index in [9.17, 15) is 0 Å². The third kappa shape index (κ3) is 5.75. The van der Waals surface area contributed by atoms with Crippen molar-refractivity contribution < 1.29 is 4.42 Å². The highest BCUT2D eigenvalue weighted by Gasteiger charge is 2.13. The summed E-state index contributed by atoms with van der Waals surface area (Å²) in [4.78, 5) is 10.1. The number of benzene rings is 8. The molecule has 0 atom stereocenters. The quantitative estimate of drug-likeness (QED) is 0.176. The van der Waals surface area contributed by atoms with Gasteiger partial charge >= 0.3 is 0 Å². The molecule has 8 aromatic carbocycles. The van der Waals surface area contributed by atoms with E-state index in [0.29, 0.717) is 5.82 Å². The van der Waals surface area contributed by atoms with E-state index in [1.807, 2.05) is 30.3 Å². The summed E-state index contributed by atoms with van der Waals surface area (Å²) in [5.74, 6) is 0.706. The first-order chi connectivity index (χ1) is 26.2. The molecule has 248 valence electrons. The van der Waals surface area contributed by atoms with Gasteiger partial charge in [0.25, 0.3) is 0 Å². The molecule has 0 radical (unpaired) electrons. The van der Waals surface area contributed by atoms with Crippen LogP contribution in [0.4, 0.5) is 0 Å². The average Bonchev–Trinajstić information content (AvgIpc) is 3.62. The molecule has 3 nitrogen and oxygen atoms in total. The lowest BCUT2D eigenvalue weighted by Crippen LogP contribution is -1.96. The Morgan fingerprint density at radius 1 is 0.302 bits per heavy atom. The number of furan rings is 1. The van der Waals surface area contributed by atoms with Gasteiger partial charge in [0.05, 0.1) is 11.4 Å². The Morgan fingerprint density at radius 3 is 1.51 bits per heavy atom. The van der Waals surface area contributed by atoms with E-state index in [4.69, 9.17) is 14.4 Å². The van der Waals surface area contributed by atoms with Crippen molar-refractivity contribution in [3.05, 3.63) is 194 Å². The zero-order valence-electron chi connectivity index (χ0n) is 28.8. The Labute approximate surface area is 307 Å². The zero-order chi connectivity index (χ0) is 35.1. The van der Waals surface area contributed by atoms with Crippen LogP contribution in [-0.4, -0.2) is 9.97 Å². The smallest absolute Gasteiger partial charge is 0.160 e. The van der Waals surface area contributed by atoms with Crippen molar-refractivity contribution in [2.24, 2.45) is 0 Å². The monoisotopic (exact) mass is 676 g/mol. The van der Waals surface area contributed by atoms with Gasteiger partial charge in [-0.05, 0) is 68.4 Å². The van der Waals surface area contributed by atoms with E-state index >= 15 is 0 Å². The zero-order valence-corrected chi connectivity index (χ0v) is 28.8. The van der Waals surface area contributed by atoms with Crippen molar-refractivity contribution in [2.75, 3.05) is 0 Å². The summed E-state index contributed by atoms with van der Waals surface area (Å²) in [6.45, 7) is 0. The van der Waals surface area contributed by atoms with Gasteiger partial charge in [0.15, 0.2) is 5.82 Å². The Bertz CT molecular complexity index is 2900. The van der Waals surface area contributed by atoms with Crippen molar-refractivity contribution in [3.8, 4) is 67.3 Å². The molecule has 53 heavy (non-hydrogen) atoms. The molecule has 0 saturated heterocycles. The molecule has 0 fully saturated rings. The van der Waals surface area contributed by atoms with Gasteiger partial charge in [-0.25, -0.2) is 9.97 Å². The highest BCUT2D eigenvalue weighted by molar-refractivity contribution is 6.06. The second kappa shape index (κ2) is 12.9. The van der Waals surface area contributed by atoms with Crippen LogP contribution in [0.25, 0.3) is 100.0 Å². The molecule has 10 rings (SSSR count). The summed E-state index contributed by atoms with van der Waals surface area (Å²) in [6.07, 6.45) is 0. The van der Waals surface area contributed by atoms with Crippen LogP contribution in [0, 0.1) is 0 Å². The first kappa shape index (κ1) is 30.7. The molecule has 0 unspecified atom stereocenters. The topological polar surface area (TPSA) is 38.9 Å². The maximum Gasteiger partial charge on any atom is 0.160 e. The molecule has 3 heteroatoms. The van der Waals surface area contributed by atoms with E-state index in [1.54, 1.807) is 0 Å². The Balaban J connectivity index is 0.959. The SMILES string of the molecule is c1ccc(-c2nc(-c3ccc(-c4ccc(-c5ccc6oc7ccccc7c6c5)cc4)cc3)cc(-c3ccc(-c4cccc5ccccc45)cc3)n2)cc1. The van der Waals surface area contributed by atoms with Gasteiger partial charge in [0.2, 0.25) is 0 Å². The third-order valence-electron chi connectivity index (χ3n) is 10.1. The van der Waals surface area contributed by atoms with Gasteiger partial charge in [-0.2, -0.15) is 0 Å². The lowest BCUT2D eigenvalue weighted by Gasteiger charge is -2.11. The summed E-state index contributed by atoms with van der Waals surface area (Å²) in [5, 5.41) is 4.77. The molecule has 0 aliphatic heterocycles. The molecule has 0 spiro atoms. The van der Waals surface area contributed by atoms with Gasteiger partial charge in [-0.3, -0.25) is 0 Å². The van der Waals surface area contributed by atoms with E-state index in [2.05, 4.69) is 164 Å². The van der Waals surface area contributed by atoms with Crippen LogP contribution in [-0.2, 0) is 0 Å². The van der Waals surface area contributed by atoms with E-state index < -0.39 is 0 Å². The summed E-state index contributed by atoms with van der Waals surface area (Å²) >= 11 is 0. The summed E-state index contributed by atoms with van der Waals surface area (Å²) in [7, 11) is 0. The van der Waals surface area contributed by atoms with Crippen LogP contribution in [0.3, 0.4) is 0 Å². The van der Waals surface area contributed by atoms with Gasteiger partial charge in [-0.1, -0.05) is 170 Å². The average molecular weight is 677 g/mol. The number of hydrogen-bond acceptors (Lipinski definition) is 3. The molecule has 0 aliphatic carbocycles. The van der Waals surface area contributed by atoms with Crippen molar-refractivity contribution >= 4 is 32.7 Å². The molecule has 2 heterocycles. The molecular weight excluding hydrogens is 645 g/mol. The molecular formula is C50H32N2O. The van der Waals surface area contributed by atoms with Gasteiger partial charge in [0, 0.05) is 27.5 Å². The Hall–Kier alpha value is -7.10. The fraction of sp³-hybridized carbons (Fsp3) is 0. The Kier molecular flexibility index (Phi) is 7.47. The molecule has 0 N–H and O–H groups in total. The molecule has 0 aliphatic rings. The predicted molar refractivity (Wildman–Crippen MR) is 219 cm³/mol. The molecule has 2 aromatic heterocycles. The fourth-order valence-corrected chi connectivity index (χ4v) is 7.35. The van der Waals surface area contributed by atoms with Crippen LogP contribution in [0.1, 0.15) is 0 Å². The van der Waals surface area contributed by atoms with Crippen LogP contribution in [0.5, 0.6) is 0 Å². The first-order valence-corrected chi connectivity index (χ1v) is 17.9. The van der Waals surface area contributed by atoms with E-state index in [0.717, 1.165) is 61.1 Å². The second-order valence-electron chi connectivity index (χ2n) is 13.4. The largest absolute Gasteiger partial charge is 0.456 e.